The van der Waals surface area contributed by atoms with Crippen LogP contribution in [0.15, 0.2) is 54.6 Å². The molecular formula is C21H23N3O5. The van der Waals surface area contributed by atoms with Crippen molar-refractivity contribution in [3.05, 3.63) is 75.8 Å². The van der Waals surface area contributed by atoms with Crippen LogP contribution in [0.25, 0.3) is 0 Å². The Morgan fingerprint density at radius 1 is 1.10 bits per heavy atom. The van der Waals surface area contributed by atoms with Crippen molar-refractivity contribution in [2.75, 3.05) is 19.6 Å². The minimum Gasteiger partial charge on any atom is -0.373 e. The van der Waals surface area contributed by atoms with E-state index in [4.69, 9.17) is 4.74 Å². The molecule has 8 heteroatoms. The smallest absolute Gasteiger partial charge is 0.270 e. The zero-order valence-electron chi connectivity index (χ0n) is 16.0. The Labute approximate surface area is 168 Å². The van der Waals surface area contributed by atoms with Gasteiger partial charge in [0.25, 0.3) is 11.6 Å². The molecule has 1 heterocycles. The van der Waals surface area contributed by atoms with Crippen molar-refractivity contribution >= 4 is 17.5 Å². The standard InChI is InChI=1S/C21H23N3O5/c25-20(14-22-21(26)17-7-4-8-18(13-17)24(27)28)23-11-9-19(10-12-23)29-15-16-5-2-1-3-6-16/h1-8,13,19H,9-12,14-15H2,(H,22,26). The molecule has 0 bridgehead atoms. The predicted octanol–water partition coefficient (Wildman–Crippen LogP) is 2.53. The van der Waals surface area contributed by atoms with Gasteiger partial charge in [-0.1, -0.05) is 36.4 Å². The molecule has 1 aliphatic rings. The molecule has 1 fully saturated rings. The third-order valence-electron chi connectivity index (χ3n) is 4.84. The maximum Gasteiger partial charge on any atom is 0.270 e. The third kappa shape index (κ3) is 5.86. The summed E-state index contributed by atoms with van der Waals surface area (Å²) in [7, 11) is 0. The third-order valence-corrected chi connectivity index (χ3v) is 4.84. The normalized spacial score (nSPS) is 14.4. The van der Waals surface area contributed by atoms with Crippen molar-refractivity contribution in [1.82, 2.24) is 10.2 Å². The van der Waals surface area contributed by atoms with Gasteiger partial charge >= 0.3 is 0 Å². The number of rotatable bonds is 7. The van der Waals surface area contributed by atoms with Crippen LogP contribution in [0.4, 0.5) is 5.69 Å². The average molecular weight is 397 g/mol. The zero-order chi connectivity index (χ0) is 20.6. The van der Waals surface area contributed by atoms with Gasteiger partial charge < -0.3 is 15.0 Å². The molecule has 2 aromatic carbocycles. The van der Waals surface area contributed by atoms with E-state index >= 15 is 0 Å². The Balaban J connectivity index is 1.41. The lowest BCUT2D eigenvalue weighted by atomic mass is 10.1. The Morgan fingerprint density at radius 3 is 2.52 bits per heavy atom. The van der Waals surface area contributed by atoms with Crippen molar-refractivity contribution in [2.24, 2.45) is 0 Å². The molecule has 0 aliphatic carbocycles. The molecule has 29 heavy (non-hydrogen) atoms. The topological polar surface area (TPSA) is 102 Å². The van der Waals surface area contributed by atoms with Gasteiger partial charge in [0.05, 0.1) is 24.2 Å². The molecule has 3 rings (SSSR count). The van der Waals surface area contributed by atoms with Crippen molar-refractivity contribution in [3.8, 4) is 0 Å². The van der Waals surface area contributed by atoms with E-state index in [0.717, 1.165) is 18.4 Å². The van der Waals surface area contributed by atoms with Gasteiger partial charge in [-0.25, -0.2) is 0 Å². The van der Waals surface area contributed by atoms with Gasteiger partial charge in [0.2, 0.25) is 5.91 Å². The summed E-state index contributed by atoms with van der Waals surface area (Å²) >= 11 is 0. The summed E-state index contributed by atoms with van der Waals surface area (Å²) in [6, 6.07) is 15.4. The SMILES string of the molecule is O=C(NCC(=O)N1CCC(OCc2ccccc2)CC1)c1cccc([N+](=O)[O-])c1. The summed E-state index contributed by atoms with van der Waals surface area (Å²) in [6.07, 6.45) is 1.60. The van der Waals surface area contributed by atoms with E-state index in [-0.39, 0.29) is 29.8 Å². The number of nitrogens with one attached hydrogen (secondary N) is 1. The maximum atomic E-state index is 12.4. The van der Waals surface area contributed by atoms with Crippen LogP contribution in [-0.4, -0.2) is 47.4 Å². The largest absolute Gasteiger partial charge is 0.373 e. The predicted molar refractivity (Wildman–Crippen MR) is 106 cm³/mol. The number of carbonyl (C=O) groups is 2. The van der Waals surface area contributed by atoms with E-state index in [2.05, 4.69) is 5.32 Å². The monoisotopic (exact) mass is 397 g/mol. The van der Waals surface area contributed by atoms with Crippen LogP contribution in [0.5, 0.6) is 0 Å². The number of nitro groups is 1. The van der Waals surface area contributed by atoms with Gasteiger partial charge in [0, 0.05) is 30.8 Å². The number of nitrogens with zero attached hydrogens (tertiary/aromatic N) is 2. The first-order chi connectivity index (χ1) is 14.0. The summed E-state index contributed by atoms with van der Waals surface area (Å²) in [6.45, 7) is 1.56. The summed E-state index contributed by atoms with van der Waals surface area (Å²) < 4.78 is 5.92. The Bertz CT molecular complexity index is 864. The van der Waals surface area contributed by atoms with Crippen molar-refractivity contribution in [3.63, 3.8) is 0 Å². The van der Waals surface area contributed by atoms with E-state index in [9.17, 15) is 19.7 Å². The van der Waals surface area contributed by atoms with Crippen LogP contribution in [-0.2, 0) is 16.1 Å². The fourth-order valence-electron chi connectivity index (χ4n) is 3.19. The molecule has 2 amide bonds. The highest BCUT2D eigenvalue weighted by Crippen LogP contribution is 2.16. The van der Waals surface area contributed by atoms with Gasteiger partial charge in [0.1, 0.15) is 0 Å². The highest BCUT2D eigenvalue weighted by molar-refractivity contribution is 5.96. The molecular weight excluding hydrogens is 374 g/mol. The molecule has 1 saturated heterocycles. The van der Waals surface area contributed by atoms with Crippen LogP contribution in [0, 0.1) is 10.1 Å². The van der Waals surface area contributed by atoms with Gasteiger partial charge in [-0.05, 0) is 24.5 Å². The molecule has 0 radical (unpaired) electrons. The fourth-order valence-corrected chi connectivity index (χ4v) is 3.19. The number of amides is 2. The number of carbonyl (C=O) groups excluding carboxylic acids is 2. The number of likely N-dealkylation sites (tertiary alicyclic amines) is 1. The van der Waals surface area contributed by atoms with Crippen LogP contribution < -0.4 is 5.32 Å². The quantitative estimate of drug-likeness (QED) is 0.571. The molecule has 2 aromatic rings. The first-order valence-corrected chi connectivity index (χ1v) is 9.49. The Hall–Kier alpha value is -3.26. The fraction of sp³-hybridized carbons (Fsp3) is 0.333. The lowest BCUT2D eigenvalue weighted by Crippen LogP contribution is -2.45. The molecule has 8 nitrogen and oxygen atoms in total. The van der Waals surface area contributed by atoms with Crippen molar-refractivity contribution in [1.29, 1.82) is 0 Å². The number of hydrogen-bond donors (Lipinski definition) is 1. The molecule has 152 valence electrons. The summed E-state index contributed by atoms with van der Waals surface area (Å²) in [5.74, 6) is -0.687. The molecule has 1 N–H and O–H groups in total. The Morgan fingerprint density at radius 2 is 1.83 bits per heavy atom. The highest BCUT2D eigenvalue weighted by Gasteiger charge is 2.23. The second kappa shape index (κ2) is 9.79. The minimum absolute atomic E-state index is 0.110. The second-order valence-corrected chi connectivity index (χ2v) is 6.87. The summed E-state index contributed by atoms with van der Waals surface area (Å²) in [5.41, 5.74) is 1.11. The van der Waals surface area contributed by atoms with Gasteiger partial charge in [0.15, 0.2) is 0 Å². The van der Waals surface area contributed by atoms with Crippen LogP contribution in [0.1, 0.15) is 28.8 Å². The first-order valence-electron chi connectivity index (χ1n) is 9.49. The van der Waals surface area contributed by atoms with Crippen LogP contribution in [0.2, 0.25) is 0 Å². The van der Waals surface area contributed by atoms with Crippen LogP contribution in [0.3, 0.4) is 0 Å². The number of benzene rings is 2. The molecule has 0 saturated carbocycles. The van der Waals surface area contributed by atoms with E-state index < -0.39 is 10.8 Å². The lowest BCUT2D eigenvalue weighted by molar-refractivity contribution is -0.384. The minimum atomic E-state index is -0.564. The number of non-ortho nitro benzene ring substituents is 1. The van der Waals surface area contributed by atoms with Crippen molar-refractivity contribution < 1.29 is 19.2 Å². The molecule has 0 atom stereocenters. The van der Waals surface area contributed by atoms with Crippen LogP contribution >= 0.6 is 0 Å². The molecule has 0 aromatic heterocycles. The van der Waals surface area contributed by atoms with E-state index in [1.54, 1.807) is 4.90 Å². The number of nitro benzene ring substituents is 1. The number of ether oxygens (including phenoxy) is 1. The van der Waals surface area contributed by atoms with Crippen molar-refractivity contribution in [2.45, 2.75) is 25.6 Å². The van der Waals surface area contributed by atoms with E-state index in [1.807, 2.05) is 30.3 Å². The number of piperidine rings is 1. The van der Waals surface area contributed by atoms with Gasteiger partial charge in [-0.3, -0.25) is 19.7 Å². The molecule has 0 unspecified atom stereocenters. The van der Waals surface area contributed by atoms with E-state index in [1.165, 1.54) is 24.3 Å². The van der Waals surface area contributed by atoms with Gasteiger partial charge in [-0.2, -0.15) is 0 Å². The number of hydrogen-bond acceptors (Lipinski definition) is 5. The van der Waals surface area contributed by atoms with E-state index in [0.29, 0.717) is 19.7 Å². The van der Waals surface area contributed by atoms with Gasteiger partial charge in [-0.15, -0.1) is 0 Å². The zero-order valence-corrected chi connectivity index (χ0v) is 16.0. The first kappa shape index (κ1) is 20.5. The Kier molecular flexibility index (Phi) is 6.91. The average Bonchev–Trinajstić information content (AvgIpc) is 2.77. The highest BCUT2D eigenvalue weighted by atomic mass is 16.6. The summed E-state index contributed by atoms with van der Waals surface area (Å²) in [5, 5.41) is 13.3. The summed E-state index contributed by atoms with van der Waals surface area (Å²) in [4.78, 5) is 36.5. The lowest BCUT2D eigenvalue weighted by Gasteiger charge is -2.32. The molecule has 0 spiro atoms. The maximum absolute atomic E-state index is 12.4. The molecule has 1 aliphatic heterocycles. The second-order valence-electron chi connectivity index (χ2n) is 6.87.